The second-order valence-corrected chi connectivity index (χ2v) is 12.7. The number of fused-ring (bicyclic) bond motifs is 1. The molecule has 0 bridgehead atoms. The molecule has 14 heteroatoms. The maximum Gasteiger partial charge on any atom is 0.436 e. The fraction of sp³-hybridized carbons (Fsp3) is 0.464. The van der Waals surface area contributed by atoms with E-state index < -0.39 is 39.5 Å². The van der Waals surface area contributed by atoms with Crippen molar-refractivity contribution in [1.29, 1.82) is 0 Å². The first-order chi connectivity index (χ1) is 19.9. The highest BCUT2D eigenvalue weighted by Gasteiger charge is 2.42. The Morgan fingerprint density at radius 3 is 2.24 bits per heavy atom. The number of benzene rings is 1. The minimum absolute atomic E-state index is 0.0759. The second kappa shape index (κ2) is 11.6. The van der Waals surface area contributed by atoms with Crippen molar-refractivity contribution in [2.75, 3.05) is 38.6 Å². The third-order valence-electron chi connectivity index (χ3n) is 8.06. The van der Waals surface area contributed by atoms with Crippen LogP contribution in [-0.4, -0.2) is 72.5 Å². The third kappa shape index (κ3) is 5.95. The number of pyridine rings is 1. The number of methoxy groups -OCH3 is 1. The Morgan fingerprint density at radius 1 is 1.00 bits per heavy atom. The molecule has 0 unspecified atom stereocenters. The van der Waals surface area contributed by atoms with Gasteiger partial charge in [0.05, 0.1) is 23.1 Å². The Balaban J connectivity index is 1.35. The van der Waals surface area contributed by atoms with Crippen LogP contribution < -0.4 is 5.32 Å². The molecule has 0 atom stereocenters. The summed E-state index contributed by atoms with van der Waals surface area (Å²) in [5.41, 5.74) is -0.427. The Labute approximate surface area is 241 Å². The molecule has 2 aliphatic heterocycles. The van der Waals surface area contributed by atoms with E-state index in [0.29, 0.717) is 37.5 Å². The Bertz CT molecular complexity index is 1570. The highest BCUT2D eigenvalue weighted by Crippen LogP contribution is 2.37. The summed E-state index contributed by atoms with van der Waals surface area (Å²) in [6, 6.07) is 9.01. The molecule has 1 aromatic carbocycles. The van der Waals surface area contributed by atoms with E-state index in [-0.39, 0.29) is 29.4 Å². The molecule has 0 saturated carbocycles. The van der Waals surface area contributed by atoms with Gasteiger partial charge in [-0.2, -0.15) is 22.6 Å². The zero-order chi connectivity index (χ0) is 30.2. The fourth-order valence-electron chi connectivity index (χ4n) is 5.55. The van der Waals surface area contributed by atoms with Gasteiger partial charge in [0.2, 0.25) is 10.0 Å². The molecule has 0 radical (unpaired) electrons. The molecule has 1 N–H and O–H groups in total. The summed E-state index contributed by atoms with van der Waals surface area (Å²) in [6.07, 6.45) is -1.68. The van der Waals surface area contributed by atoms with Gasteiger partial charge in [0.25, 0.3) is 5.91 Å². The number of anilines is 1. The summed E-state index contributed by atoms with van der Waals surface area (Å²) < 4.78 is 75.4. The van der Waals surface area contributed by atoms with Crippen LogP contribution in [0, 0.1) is 5.92 Å². The van der Waals surface area contributed by atoms with E-state index in [1.54, 1.807) is 12.1 Å². The first kappa shape index (κ1) is 29.8. The summed E-state index contributed by atoms with van der Waals surface area (Å²) >= 11 is 0. The topological polar surface area (TPSA) is 113 Å². The van der Waals surface area contributed by atoms with E-state index >= 15 is 0 Å². The number of amides is 2. The number of hydrogen-bond acceptors (Lipinski definition) is 6. The summed E-state index contributed by atoms with van der Waals surface area (Å²) in [7, 11) is -2.58. The number of carbonyl (C=O) groups excluding carboxylic acids is 2. The molecule has 4 heterocycles. The van der Waals surface area contributed by atoms with Gasteiger partial charge < -0.3 is 9.64 Å². The van der Waals surface area contributed by atoms with Gasteiger partial charge in [0.15, 0.2) is 5.69 Å². The number of aromatic nitrogens is 2. The van der Waals surface area contributed by atoms with Crippen LogP contribution in [0.4, 0.5) is 23.7 Å². The Hall–Kier alpha value is -3.65. The molecule has 2 aromatic heterocycles. The van der Waals surface area contributed by atoms with Crippen LogP contribution in [-0.2, 0) is 20.9 Å². The highest BCUT2D eigenvalue weighted by molar-refractivity contribution is 7.89. The van der Waals surface area contributed by atoms with Crippen molar-refractivity contribution in [2.24, 2.45) is 5.92 Å². The van der Waals surface area contributed by atoms with Gasteiger partial charge >= 0.3 is 12.3 Å². The Morgan fingerprint density at radius 2 is 1.64 bits per heavy atom. The van der Waals surface area contributed by atoms with Gasteiger partial charge in [0.1, 0.15) is 0 Å². The number of halogens is 3. The van der Waals surface area contributed by atoms with Crippen molar-refractivity contribution in [3.63, 3.8) is 0 Å². The average molecular weight is 608 g/mol. The summed E-state index contributed by atoms with van der Waals surface area (Å²) in [5, 5.41) is 6.20. The number of alkyl halides is 3. The van der Waals surface area contributed by atoms with Gasteiger partial charge in [-0.05, 0) is 79.5 Å². The van der Waals surface area contributed by atoms with Crippen molar-refractivity contribution in [3.8, 4) is 0 Å². The molecule has 226 valence electrons. The molecule has 2 fully saturated rings. The van der Waals surface area contributed by atoms with Crippen LogP contribution in [0.3, 0.4) is 0 Å². The van der Waals surface area contributed by atoms with Gasteiger partial charge in [-0.25, -0.2) is 17.7 Å². The molecule has 0 aliphatic carbocycles. The van der Waals surface area contributed by atoms with Gasteiger partial charge in [-0.3, -0.25) is 10.1 Å². The van der Waals surface area contributed by atoms with E-state index in [2.05, 4.69) is 22.1 Å². The minimum Gasteiger partial charge on any atom is -0.453 e. The predicted molar refractivity (Wildman–Crippen MR) is 148 cm³/mol. The fourth-order valence-corrected chi connectivity index (χ4v) is 7.02. The maximum absolute atomic E-state index is 14.0. The predicted octanol–water partition coefficient (Wildman–Crippen LogP) is 4.97. The normalized spacial score (nSPS) is 17.9. The van der Waals surface area contributed by atoms with Gasteiger partial charge in [0, 0.05) is 38.1 Å². The zero-order valence-corrected chi connectivity index (χ0v) is 24.0. The molecular formula is C28H32F3N5O5S. The summed E-state index contributed by atoms with van der Waals surface area (Å²) in [6.45, 7) is 3.27. The van der Waals surface area contributed by atoms with E-state index in [0.717, 1.165) is 22.9 Å². The molecule has 2 aliphatic rings. The first-order valence-corrected chi connectivity index (χ1v) is 15.2. The van der Waals surface area contributed by atoms with E-state index in [1.807, 2.05) is 0 Å². The average Bonchev–Trinajstić information content (AvgIpc) is 3.37. The van der Waals surface area contributed by atoms with Crippen LogP contribution in [0.2, 0.25) is 0 Å². The molecule has 3 aromatic rings. The summed E-state index contributed by atoms with van der Waals surface area (Å²) in [5.74, 6) is -0.379. The van der Waals surface area contributed by atoms with Crippen molar-refractivity contribution in [2.45, 2.75) is 49.6 Å². The highest BCUT2D eigenvalue weighted by atomic mass is 32.2. The van der Waals surface area contributed by atoms with Crippen LogP contribution in [0.25, 0.3) is 5.52 Å². The van der Waals surface area contributed by atoms with Crippen LogP contribution in [0.5, 0.6) is 0 Å². The quantitative estimate of drug-likeness (QED) is 0.438. The molecule has 5 rings (SSSR count). The second-order valence-electron chi connectivity index (χ2n) is 10.8. The largest absolute Gasteiger partial charge is 0.453 e. The SMILES string of the molecule is COC(=O)Nc1ccc(S(=O)(=O)N2CCC(c3ccn4nc(C(F)(F)F)c(C(=O)N5CCC(C)CC5)c4c3)CC2)cc1. The van der Waals surface area contributed by atoms with Crippen molar-refractivity contribution in [1.82, 2.24) is 18.8 Å². The lowest BCUT2D eigenvalue weighted by Crippen LogP contribution is -2.38. The number of nitrogens with zero attached hydrogens (tertiary/aromatic N) is 4. The third-order valence-corrected chi connectivity index (χ3v) is 9.97. The van der Waals surface area contributed by atoms with Gasteiger partial charge in [-0.1, -0.05) is 6.92 Å². The smallest absolute Gasteiger partial charge is 0.436 e. The zero-order valence-electron chi connectivity index (χ0n) is 23.2. The van der Waals surface area contributed by atoms with Crippen LogP contribution in [0.1, 0.15) is 60.1 Å². The standard InChI is InChI=1S/C28H32F3N5O5S/c1-18-7-12-34(13-8-18)26(37)24-23-17-20(11-16-36(23)33-25(24)28(29,30)31)19-9-14-35(15-10-19)42(39,40)22-5-3-21(4-6-22)32-27(38)41-2/h3-6,11,16-19H,7-10,12-15H2,1-2H3,(H,32,38). The molecular weight excluding hydrogens is 575 g/mol. The summed E-state index contributed by atoms with van der Waals surface area (Å²) in [4.78, 5) is 26.3. The lowest BCUT2D eigenvalue weighted by Gasteiger charge is -2.31. The number of carbonyl (C=O) groups is 2. The lowest BCUT2D eigenvalue weighted by atomic mass is 9.90. The number of hydrogen-bond donors (Lipinski definition) is 1. The maximum atomic E-state index is 14.0. The lowest BCUT2D eigenvalue weighted by molar-refractivity contribution is -0.141. The van der Waals surface area contributed by atoms with E-state index in [4.69, 9.17) is 0 Å². The van der Waals surface area contributed by atoms with Crippen molar-refractivity contribution in [3.05, 3.63) is 59.4 Å². The first-order valence-electron chi connectivity index (χ1n) is 13.7. The van der Waals surface area contributed by atoms with Crippen molar-refractivity contribution < 1.29 is 35.9 Å². The monoisotopic (exact) mass is 607 g/mol. The molecule has 10 nitrogen and oxygen atoms in total. The van der Waals surface area contributed by atoms with Crippen molar-refractivity contribution >= 4 is 33.2 Å². The number of ether oxygens (including phenoxy) is 1. The van der Waals surface area contributed by atoms with E-state index in [9.17, 15) is 31.2 Å². The number of nitrogens with one attached hydrogen (secondary N) is 1. The molecule has 2 amide bonds. The number of likely N-dealkylation sites (tertiary alicyclic amines) is 1. The molecule has 2 saturated heterocycles. The van der Waals surface area contributed by atoms with Crippen LogP contribution >= 0.6 is 0 Å². The number of rotatable bonds is 5. The van der Waals surface area contributed by atoms with Crippen LogP contribution in [0.15, 0.2) is 47.5 Å². The number of sulfonamides is 1. The van der Waals surface area contributed by atoms with E-state index in [1.165, 1.54) is 46.8 Å². The minimum atomic E-state index is -4.80. The number of piperidine rings is 2. The Kier molecular flexibility index (Phi) is 8.21. The molecule has 42 heavy (non-hydrogen) atoms. The molecule has 0 spiro atoms. The van der Waals surface area contributed by atoms with Gasteiger partial charge in [-0.15, -0.1) is 0 Å².